The molecular weight excluding hydrogens is 325 g/mol. The van der Waals surface area contributed by atoms with Crippen molar-refractivity contribution in [1.29, 1.82) is 0 Å². The number of amides is 1. The molecule has 0 radical (unpaired) electrons. The van der Waals surface area contributed by atoms with Crippen LogP contribution in [0.4, 0.5) is 4.39 Å². The van der Waals surface area contributed by atoms with E-state index in [0.29, 0.717) is 5.56 Å². The Hall–Kier alpha value is -1.10. The molecule has 1 aliphatic carbocycles. The van der Waals surface area contributed by atoms with Gasteiger partial charge in [0.25, 0.3) is 5.91 Å². The Morgan fingerprint density at radius 2 is 2.10 bits per heavy atom. The second-order valence-corrected chi connectivity index (χ2v) is 6.26. The van der Waals surface area contributed by atoms with Gasteiger partial charge in [-0.1, -0.05) is 35.2 Å². The summed E-state index contributed by atoms with van der Waals surface area (Å²) in [5.74, 6) is -0.603. The van der Waals surface area contributed by atoms with Crippen molar-refractivity contribution in [1.82, 2.24) is 5.32 Å². The average Bonchev–Trinajstić information content (AvgIpc) is 2.64. The Morgan fingerprint density at radius 1 is 1.35 bits per heavy atom. The highest BCUT2D eigenvalue weighted by Gasteiger charge is 2.23. The first-order chi connectivity index (χ1) is 9.61. The zero-order valence-corrected chi connectivity index (χ0v) is 13.1. The lowest BCUT2D eigenvalue weighted by molar-refractivity contribution is 0.0934. The summed E-state index contributed by atoms with van der Waals surface area (Å²) in [6.45, 7) is 0. The molecule has 0 heterocycles. The van der Waals surface area contributed by atoms with Gasteiger partial charge in [0.2, 0.25) is 0 Å². The zero-order chi connectivity index (χ0) is 14.5. The molecule has 1 aliphatic rings. The summed E-state index contributed by atoms with van der Waals surface area (Å²) < 4.78 is 18.5. The van der Waals surface area contributed by atoms with Crippen molar-refractivity contribution >= 4 is 21.8 Å². The van der Waals surface area contributed by atoms with Gasteiger partial charge in [-0.3, -0.25) is 4.79 Å². The lowest BCUT2D eigenvalue weighted by atomic mass is 10.1. The minimum Gasteiger partial charge on any atom is -0.494 e. The number of carbonyl (C=O) groups is 1. The molecule has 3 nitrogen and oxygen atoms in total. The maximum atomic E-state index is 13.6. The van der Waals surface area contributed by atoms with Gasteiger partial charge in [0.1, 0.15) is 0 Å². The van der Waals surface area contributed by atoms with Crippen molar-refractivity contribution in [3.8, 4) is 5.75 Å². The Balaban J connectivity index is 2.05. The van der Waals surface area contributed by atoms with E-state index >= 15 is 0 Å². The number of rotatable bonds is 3. The summed E-state index contributed by atoms with van der Waals surface area (Å²) >= 11 is 3.63. The third-order valence-electron chi connectivity index (χ3n) is 3.66. The Morgan fingerprint density at radius 3 is 2.80 bits per heavy atom. The standard InChI is InChI=1S/C15H19BrFNO2/c1-20-14-8-7-10(9-12(14)17)15(19)18-13-6-4-2-3-5-11(13)16/h7-9,11,13H,2-6H2,1H3,(H,18,19). The molecule has 0 spiro atoms. The van der Waals surface area contributed by atoms with Crippen LogP contribution in [0.5, 0.6) is 5.75 Å². The molecule has 1 amide bonds. The number of hydrogen-bond acceptors (Lipinski definition) is 2. The van der Waals surface area contributed by atoms with Crippen molar-refractivity contribution in [3.63, 3.8) is 0 Å². The number of carbonyl (C=O) groups excluding carboxylic acids is 1. The number of halogens is 2. The molecular formula is C15H19BrFNO2. The molecule has 0 aliphatic heterocycles. The van der Waals surface area contributed by atoms with Crippen LogP contribution >= 0.6 is 15.9 Å². The maximum Gasteiger partial charge on any atom is 0.251 e. The van der Waals surface area contributed by atoms with Gasteiger partial charge in [-0.2, -0.15) is 0 Å². The fourth-order valence-electron chi connectivity index (χ4n) is 2.48. The Bertz CT molecular complexity index is 481. The zero-order valence-electron chi connectivity index (χ0n) is 11.5. The van der Waals surface area contributed by atoms with Gasteiger partial charge in [0.05, 0.1) is 7.11 Å². The van der Waals surface area contributed by atoms with Gasteiger partial charge in [-0.25, -0.2) is 4.39 Å². The van der Waals surface area contributed by atoms with Crippen LogP contribution in [0.15, 0.2) is 18.2 Å². The third kappa shape index (κ3) is 3.72. The van der Waals surface area contributed by atoms with Crippen molar-refractivity contribution in [2.75, 3.05) is 7.11 Å². The highest BCUT2D eigenvalue weighted by atomic mass is 79.9. The average molecular weight is 344 g/mol. The topological polar surface area (TPSA) is 38.3 Å². The molecule has 110 valence electrons. The second kappa shape index (κ2) is 7.07. The Kier molecular flexibility index (Phi) is 5.40. The molecule has 2 rings (SSSR count). The number of nitrogens with one attached hydrogen (secondary N) is 1. The number of methoxy groups -OCH3 is 1. The largest absolute Gasteiger partial charge is 0.494 e. The summed E-state index contributed by atoms with van der Waals surface area (Å²) in [5, 5.41) is 3.00. The first kappa shape index (κ1) is 15.3. The summed E-state index contributed by atoms with van der Waals surface area (Å²) in [5.41, 5.74) is 0.326. The van der Waals surface area contributed by atoms with E-state index in [9.17, 15) is 9.18 Å². The van der Waals surface area contributed by atoms with E-state index in [1.165, 1.54) is 32.1 Å². The minimum atomic E-state index is -0.517. The normalized spacial score (nSPS) is 22.9. The van der Waals surface area contributed by atoms with Crippen molar-refractivity contribution in [2.24, 2.45) is 0 Å². The summed E-state index contributed by atoms with van der Waals surface area (Å²) in [7, 11) is 1.40. The summed E-state index contributed by atoms with van der Waals surface area (Å²) in [6.07, 6.45) is 5.51. The van der Waals surface area contributed by atoms with E-state index in [0.717, 1.165) is 19.3 Å². The van der Waals surface area contributed by atoms with Crippen molar-refractivity contribution in [3.05, 3.63) is 29.6 Å². The van der Waals surface area contributed by atoms with Gasteiger partial charge in [0.15, 0.2) is 11.6 Å². The van der Waals surface area contributed by atoms with Crippen LogP contribution in [-0.4, -0.2) is 23.9 Å². The SMILES string of the molecule is COc1ccc(C(=O)NC2CCCCCC2Br)cc1F. The van der Waals surface area contributed by atoms with Gasteiger partial charge in [0, 0.05) is 16.4 Å². The Labute approximate surface area is 127 Å². The molecule has 2 atom stereocenters. The van der Waals surface area contributed by atoms with Gasteiger partial charge in [-0.05, 0) is 31.0 Å². The van der Waals surface area contributed by atoms with E-state index in [2.05, 4.69) is 21.2 Å². The molecule has 1 fully saturated rings. The molecule has 1 aromatic rings. The van der Waals surface area contributed by atoms with Crippen LogP contribution in [0.1, 0.15) is 42.5 Å². The highest BCUT2D eigenvalue weighted by molar-refractivity contribution is 9.09. The van der Waals surface area contributed by atoms with E-state index in [1.54, 1.807) is 6.07 Å². The molecule has 0 saturated heterocycles. The van der Waals surface area contributed by atoms with E-state index in [4.69, 9.17) is 4.74 Å². The first-order valence-electron chi connectivity index (χ1n) is 6.90. The molecule has 1 N–H and O–H groups in total. The molecule has 20 heavy (non-hydrogen) atoms. The van der Waals surface area contributed by atoms with Crippen LogP contribution in [0.2, 0.25) is 0 Å². The minimum absolute atomic E-state index is 0.107. The third-order valence-corrected chi connectivity index (χ3v) is 4.76. The highest BCUT2D eigenvalue weighted by Crippen LogP contribution is 2.24. The smallest absolute Gasteiger partial charge is 0.251 e. The lowest BCUT2D eigenvalue weighted by Crippen LogP contribution is -2.40. The predicted molar refractivity (Wildman–Crippen MR) is 80.0 cm³/mol. The molecule has 0 aromatic heterocycles. The summed E-state index contributed by atoms with van der Waals surface area (Å²) in [4.78, 5) is 12.5. The fraction of sp³-hybridized carbons (Fsp3) is 0.533. The van der Waals surface area contributed by atoms with E-state index < -0.39 is 5.82 Å². The van der Waals surface area contributed by atoms with E-state index in [-0.39, 0.29) is 22.5 Å². The van der Waals surface area contributed by atoms with Crippen LogP contribution in [-0.2, 0) is 0 Å². The van der Waals surface area contributed by atoms with Crippen LogP contribution in [0, 0.1) is 5.82 Å². The van der Waals surface area contributed by atoms with Crippen LogP contribution in [0.3, 0.4) is 0 Å². The van der Waals surface area contributed by atoms with Crippen LogP contribution in [0.25, 0.3) is 0 Å². The predicted octanol–water partition coefficient (Wildman–Crippen LogP) is 3.66. The summed E-state index contributed by atoms with van der Waals surface area (Å²) in [6, 6.07) is 4.38. The fourth-order valence-corrected chi connectivity index (χ4v) is 3.20. The molecule has 1 aromatic carbocycles. The molecule has 0 bridgehead atoms. The number of benzene rings is 1. The first-order valence-corrected chi connectivity index (χ1v) is 7.82. The van der Waals surface area contributed by atoms with Crippen molar-refractivity contribution < 1.29 is 13.9 Å². The second-order valence-electron chi connectivity index (χ2n) is 5.08. The number of ether oxygens (including phenoxy) is 1. The van der Waals surface area contributed by atoms with Gasteiger partial charge >= 0.3 is 0 Å². The molecule has 5 heteroatoms. The maximum absolute atomic E-state index is 13.6. The molecule has 2 unspecified atom stereocenters. The lowest BCUT2D eigenvalue weighted by Gasteiger charge is -2.21. The quantitative estimate of drug-likeness (QED) is 0.671. The van der Waals surface area contributed by atoms with Crippen LogP contribution < -0.4 is 10.1 Å². The van der Waals surface area contributed by atoms with Gasteiger partial charge < -0.3 is 10.1 Å². The number of hydrogen-bond donors (Lipinski definition) is 1. The van der Waals surface area contributed by atoms with Gasteiger partial charge in [-0.15, -0.1) is 0 Å². The molecule has 1 saturated carbocycles. The number of alkyl halides is 1. The van der Waals surface area contributed by atoms with Crippen molar-refractivity contribution in [2.45, 2.75) is 43.0 Å². The monoisotopic (exact) mass is 343 g/mol. The van der Waals surface area contributed by atoms with E-state index in [1.807, 2.05) is 0 Å².